The average Bonchev–Trinajstić information content (AvgIpc) is 2.38. The molecule has 1 aromatic carbocycles. The van der Waals surface area contributed by atoms with E-state index in [1.807, 2.05) is 0 Å². The standard InChI is InChI=1S/C11H4F4N4O2/c12-10(13)8-3-6(18-19-7(4-16)5-17)1-2-9(8)20-11(14,15)21-10/h1-3,18H. The summed E-state index contributed by atoms with van der Waals surface area (Å²) in [4.78, 5) is 0. The lowest BCUT2D eigenvalue weighted by Gasteiger charge is -2.30. The first-order valence-corrected chi connectivity index (χ1v) is 5.20. The van der Waals surface area contributed by atoms with Crippen LogP contribution in [0.3, 0.4) is 0 Å². The maximum atomic E-state index is 13.5. The number of hydrazone groups is 1. The molecule has 1 aliphatic heterocycles. The van der Waals surface area contributed by atoms with E-state index in [1.54, 1.807) is 0 Å². The van der Waals surface area contributed by atoms with Crippen LogP contribution >= 0.6 is 0 Å². The number of nitriles is 2. The topological polar surface area (TPSA) is 90.4 Å². The second kappa shape index (κ2) is 4.92. The molecule has 1 aromatic rings. The van der Waals surface area contributed by atoms with Crippen LogP contribution in [0.25, 0.3) is 0 Å². The van der Waals surface area contributed by atoms with Gasteiger partial charge in [0.1, 0.15) is 17.9 Å². The van der Waals surface area contributed by atoms with E-state index in [0.717, 1.165) is 18.2 Å². The third-order valence-corrected chi connectivity index (χ3v) is 2.28. The van der Waals surface area contributed by atoms with Gasteiger partial charge in [-0.05, 0) is 18.2 Å². The third-order valence-electron chi connectivity index (χ3n) is 2.28. The zero-order valence-electron chi connectivity index (χ0n) is 9.90. The fourth-order valence-corrected chi connectivity index (χ4v) is 1.46. The van der Waals surface area contributed by atoms with Crippen molar-refractivity contribution in [3.63, 3.8) is 0 Å². The summed E-state index contributed by atoms with van der Waals surface area (Å²) in [6.07, 6.45) is -8.72. The van der Waals surface area contributed by atoms with Crippen molar-refractivity contribution in [1.82, 2.24) is 0 Å². The summed E-state index contributed by atoms with van der Waals surface area (Å²) in [5.41, 5.74) is 0.607. The van der Waals surface area contributed by atoms with E-state index in [-0.39, 0.29) is 5.69 Å². The summed E-state index contributed by atoms with van der Waals surface area (Å²) in [5, 5.41) is 20.2. The highest BCUT2D eigenvalue weighted by molar-refractivity contribution is 6.10. The zero-order chi connectivity index (χ0) is 15.7. The number of ether oxygens (including phenoxy) is 2. The number of halogens is 4. The lowest BCUT2D eigenvalue weighted by molar-refractivity contribution is -0.461. The number of nitrogens with zero attached hydrogens (tertiary/aromatic N) is 3. The molecule has 0 aromatic heterocycles. The van der Waals surface area contributed by atoms with E-state index >= 15 is 0 Å². The average molecular weight is 300 g/mol. The molecule has 0 amide bonds. The molecule has 108 valence electrons. The molecule has 0 bridgehead atoms. The van der Waals surface area contributed by atoms with Crippen molar-refractivity contribution in [3.8, 4) is 17.9 Å². The number of alkyl halides is 4. The highest BCUT2D eigenvalue weighted by Crippen LogP contribution is 2.46. The van der Waals surface area contributed by atoms with Crippen LogP contribution in [0, 0.1) is 22.7 Å². The van der Waals surface area contributed by atoms with Crippen molar-refractivity contribution in [2.24, 2.45) is 5.10 Å². The van der Waals surface area contributed by atoms with E-state index in [2.05, 4.69) is 20.0 Å². The van der Waals surface area contributed by atoms with Gasteiger partial charge in [-0.3, -0.25) is 5.43 Å². The molecule has 1 N–H and O–H groups in total. The van der Waals surface area contributed by atoms with Gasteiger partial charge >= 0.3 is 12.4 Å². The van der Waals surface area contributed by atoms with E-state index in [1.165, 1.54) is 12.1 Å². The van der Waals surface area contributed by atoms with E-state index in [9.17, 15) is 17.6 Å². The molecule has 0 atom stereocenters. The molecular weight excluding hydrogens is 296 g/mol. The third kappa shape index (κ3) is 3.01. The van der Waals surface area contributed by atoms with Gasteiger partial charge in [0.15, 0.2) is 0 Å². The number of hydrogen-bond donors (Lipinski definition) is 1. The van der Waals surface area contributed by atoms with Crippen LogP contribution in [0.15, 0.2) is 23.3 Å². The molecule has 1 aliphatic rings. The molecule has 0 radical (unpaired) electrons. The van der Waals surface area contributed by atoms with Crippen LogP contribution in [0.4, 0.5) is 23.2 Å². The lowest BCUT2D eigenvalue weighted by Crippen LogP contribution is -2.41. The fraction of sp³-hybridized carbons (Fsp3) is 0.182. The molecule has 21 heavy (non-hydrogen) atoms. The minimum atomic E-state index is -4.45. The number of fused-ring (bicyclic) bond motifs is 1. The van der Waals surface area contributed by atoms with Gasteiger partial charge in [-0.25, -0.2) is 4.74 Å². The summed E-state index contributed by atoms with van der Waals surface area (Å²) < 4.78 is 59.7. The molecule has 0 aliphatic carbocycles. The maximum Gasteiger partial charge on any atom is 0.540 e. The highest BCUT2D eigenvalue weighted by Gasteiger charge is 2.54. The van der Waals surface area contributed by atoms with Gasteiger partial charge in [-0.1, -0.05) is 0 Å². The van der Waals surface area contributed by atoms with Crippen molar-refractivity contribution in [2.45, 2.75) is 12.4 Å². The fourth-order valence-electron chi connectivity index (χ4n) is 1.46. The SMILES string of the molecule is N#CC(C#N)=NNc1ccc2c(c1)C(F)(F)OC(F)(F)O2. The number of anilines is 1. The summed E-state index contributed by atoms with van der Waals surface area (Å²) in [5.74, 6) is -0.758. The van der Waals surface area contributed by atoms with Crippen molar-refractivity contribution < 1.29 is 27.0 Å². The molecule has 0 saturated heterocycles. The van der Waals surface area contributed by atoms with Gasteiger partial charge in [0.25, 0.3) is 0 Å². The maximum absolute atomic E-state index is 13.5. The van der Waals surface area contributed by atoms with Gasteiger partial charge in [0, 0.05) is 0 Å². The molecule has 0 unspecified atom stereocenters. The number of nitrogens with one attached hydrogen (secondary N) is 1. The molecule has 10 heteroatoms. The Balaban J connectivity index is 2.35. The molecule has 0 fully saturated rings. The molecule has 1 heterocycles. The normalized spacial score (nSPS) is 17.4. The van der Waals surface area contributed by atoms with Crippen LogP contribution in [0.1, 0.15) is 5.56 Å². The van der Waals surface area contributed by atoms with E-state index < -0.39 is 29.4 Å². The zero-order valence-corrected chi connectivity index (χ0v) is 9.90. The Kier molecular flexibility index (Phi) is 3.41. The van der Waals surface area contributed by atoms with Gasteiger partial charge in [0.2, 0.25) is 5.71 Å². The molecule has 0 saturated carbocycles. The lowest BCUT2D eigenvalue weighted by atomic mass is 10.1. The van der Waals surface area contributed by atoms with Crippen LogP contribution in [-0.4, -0.2) is 12.0 Å². The van der Waals surface area contributed by atoms with Crippen LogP contribution < -0.4 is 10.2 Å². The highest BCUT2D eigenvalue weighted by atomic mass is 19.3. The van der Waals surface area contributed by atoms with Gasteiger partial charge in [-0.15, -0.1) is 8.78 Å². The first kappa shape index (κ1) is 14.6. The Hall–Kier alpha value is -2.85. The first-order valence-electron chi connectivity index (χ1n) is 5.20. The van der Waals surface area contributed by atoms with E-state index in [4.69, 9.17) is 10.5 Å². The number of hydrogen-bond acceptors (Lipinski definition) is 6. The molecule has 2 rings (SSSR count). The first-order chi connectivity index (χ1) is 9.77. The Bertz CT molecular complexity index is 674. The number of benzene rings is 1. The van der Waals surface area contributed by atoms with Crippen molar-refractivity contribution in [2.75, 3.05) is 5.43 Å². The molecule has 0 spiro atoms. The summed E-state index contributed by atoms with van der Waals surface area (Å²) in [7, 11) is 0. The predicted octanol–water partition coefficient (Wildman–Crippen LogP) is 2.51. The second-order valence-electron chi connectivity index (χ2n) is 3.69. The second-order valence-corrected chi connectivity index (χ2v) is 3.69. The van der Waals surface area contributed by atoms with Gasteiger partial charge in [-0.2, -0.15) is 24.4 Å². The van der Waals surface area contributed by atoms with E-state index in [0.29, 0.717) is 0 Å². The smallest absolute Gasteiger partial charge is 0.409 e. The molecular formula is C11H4F4N4O2. The summed E-state index contributed by atoms with van der Waals surface area (Å²) in [6.45, 7) is 0. The van der Waals surface area contributed by atoms with Crippen LogP contribution in [-0.2, 0) is 10.8 Å². The largest absolute Gasteiger partial charge is 0.540 e. The predicted molar refractivity (Wildman–Crippen MR) is 59.3 cm³/mol. The molecule has 6 nitrogen and oxygen atoms in total. The Morgan fingerprint density at radius 1 is 1.19 bits per heavy atom. The minimum Gasteiger partial charge on any atom is -0.409 e. The van der Waals surface area contributed by atoms with Crippen molar-refractivity contribution in [1.29, 1.82) is 10.5 Å². The van der Waals surface area contributed by atoms with Crippen molar-refractivity contribution in [3.05, 3.63) is 23.8 Å². The monoisotopic (exact) mass is 300 g/mol. The van der Waals surface area contributed by atoms with Gasteiger partial charge < -0.3 is 4.74 Å². The van der Waals surface area contributed by atoms with Crippen LogP contribution in [0.5, 0.6) is 5.75 Å². The summed E-state index contributed by atoms with van der Waals surface area (Å²) >= 11 is 0. The summed E-state index contributed by atoms with van der Waals surface area (Å²) in [6, 6.07) is 5.59. The Labute approximate surface area is 114 Å². The van der Waals surface area contributed by atoms with Gasteiger partial charge in [0.05, 0.1) is 11.3 Å². The number of rotatable bonds is 2. The Morgan fingerprint density at radius 3 is 2.48 bits per heavy atom. The quantitative estimate of drug-likeness (QED) is 0.515. The Morgan fingerprint density at radius 2 is 1.86 bits per heavy atom. The van der Waals surface area contributed by atoms with Crippen LogP contribution in [0.2, 0.25) is 0 Å². The van der Waals surface area contributed by atoms with Crippen molar-refractivity contribution >= 4 is 11.4 Å². The minimum absolute atomic E-state index is 0.0751.